The highest BCUT2D eigenvalue weighted by atomic mass is 16.4. The van der Waals surface area contributed by atoms with E-state index in [1.807, 2.05) is 6.92 Å². The fourth-order valence-corrected chi connectivity index (χ4v) is 1.77. The van der Waals surface area contributed by atoms with Crippen molar-refractivity contribution in [3.05, 3.63) is 29.8 Å². The lowest BCUT2D eigenvalue weighted by Crippen LogP contribution is -2.24. The van der Waals surface area contributed by atoms with Crippen LogP contribution < -0.4 is 10.6 Å². The number of carbonyl (C=O) groups is 3. The average molecular weight is 292 g/mol. The zero-order chi connectivity index (χ0) is 15.7. The zero-order valence-corrected chi connectivity index (χ0v) is 12.0. The molecule has 0 radical (unpaired) electrons. The molecule has 1 rings (SSSR count). The number of nitrogens with one attached hydrogen (secondary N) is 2. The summed E-state index contributed by atoms with van der Waals surface area (Å²) in [6.45, 7) is 2.46. The van der Waals surface area contributed by atoms with E-state index in [1.165, 1.54) is 0 Å². The lowest BCUT2D eigenvalue weighted by atomic mass is 10.1. The minimum atomic E-state index is -0.905. The molecule has 0 atom stereocenters. The first-order chi connectivity index (χ1) is 10.0. The highest BCUT2D eigenvalue weighted by Gasteiger charge is 2.05. The Morgan fingerprint density at radius 1 is 1.05 bits per heavy atom. The Hall–Kier alpha value is -2.37. The van der Waals surface area contributed by atoms with Gasteiger partial charge in [-0.15, -0.1) is 0 Å². The summed E-state index contributed by atoms with van der Waals surface area (Å²) >= 11 is 0. The van der Waals surface area contributed by atoms with E-state index in [9.17, 15) is 14.4 Å². The minimum Gasteiger partial charge on any atom is -0.481 e. The molecular weight excluding hydrogens is 272 g/mol. The molecular formula is C15H20N2O4. The molecule has 21 heavy (non-hydrogen) atoms. The van der Waals surface area contributed by atoms with Gasteiger partial charge in [-0.2, -0.15) is 0 Å². The first-order valence-electron chi connectivity index (χ1n) is 6.88. The SMILES string of the molecule is CCNC(=O)Cc1ccc(NC(=O)CCCC(=O)O)cc1. The van der Waals surface area contributed by atoms with Gasteiger partial charge in [-0.25, -0.2) is 0 Å². The first kappa shape index (κ1) is 16.7. The van der Waals surface area contributed by atoms with Gasteiger partial charge in [-0.05, 0) is 31.0 Å². The van der Waals surface area contributed by atoms with Crippen LogP contribution in [0.4, 0.5) is 5.69 Å². The van der Waals surface area contributed by atoms with Crippen LogP contribution in [0.1, 0.15) is 31.7 Å². The molecule has 1 aromatic carbocycles. The molecule has 0 unspecified atom stereocenters. The normalized spacial score (nSPS) is 9.95. The molecule has 0 aliphatic rings. The lowest BCUT2D eigenvalue weighted by Gasteiger charge is -2.06. The van der Waals surface area contributed by atoms with Crippen molar-refractivity contribution < 1.29 is 19.5 Å². The van der Waals surface area contributed by atoms with E-state index >= 15 is 0 Å². The number of hydrogen-bond acceptors (Lipinski definition) is 3. The number of carboxylic acid groups (broad SMARTS) is 1. The summed E-state index contributed by atoms with van der Waals surface area (Å²) in [6.07, 6.45) is 0.781. The molecule has 114 valence electrons. The van der Waals surface area contributed by atoms with Gasteiger partial charge in [0.25, 0.3) is 0 Å². The van der Waals surface area contributed by atoms with Crippen LogP contribution in [0.5, 0.6) is 0 Å². The Morgan fingerprint density at radius 2 is 1.71 bits per heavy atom. The van der Waals surface area contributed by atoms with Gasteiger partial charge in [-0.3, -0.25) is 14.4 Å². The lowest BCUT2D eigenvalue weighted by molar-refractivity contribution is -0.137. The number of amides is 2. The second kappa shape index (κ2) is 8.73. The predicted molar refractivity (Wildman–Crippen MR) is 78.9 cm³/mol. The van der Waals surface area contributed by atoms with Crippen molar-refractivity contribution in [1.29, 1.82) is 0 Å². The van der Waals surface area contributed by atoms with Crippen molar-refractivity contribution in [2.75, 3.05) is 11.9 Å². The topological polar surface area (TPSA) is 95.5 Å². The van der Waals surface area contributed by atoms with Crippen LogP contribution in [0, 0.1) is 0 Å². The first-order valence-corrected chi connectivity index (χ1v) is 6.88. The van der Waals surface area contributed by atoms with Crippen LogP contribution in [0.2, 0.25) is 0 Å². The van der Waals surface area contributed by atoms with E-state index in [-0.39, 0.29) is 24.7 Å². The number of likely N-dealkylation sites (N-methyl/N-ethyl adjacent to an activating group) is 1. The van der Waals surface area contributed by atoms with E-state index in [4.69, 9.17) is 5.11 Å². The predicted octanol–water partition coefficient (Wildman–Crippen LogP) is 1.56. The van der Waals surface area contributed by atoms with Gasteiger partial charge in [0.05, 0.1) is 6.42 Å². The maximum absolute atomic E-state index is 11.6. The van der Waals surface area contributed by atoms with Crippen LogP contribution in [-0.4, -0.2) is 29.4 Å². The largest absolute Gasteiger partial charge is 0.481 e. The number of anilines is 1. The van der Waals surface area contributed by atoms with Crippen molar-refractivity contribution >= 4 is 23.5 Å². The molecule has 6 nitrogen and oxygen atoms in total. The fourth-order valence-electron chi connectivity index (χ4n) is 1.77. The third-order valence-corrected chi connectivity index (χ3v) is 2.77. The highest BCUT2D eigenvalue weighted by molar-refractivity contribution is 5.91. The van der Waals surface area contributed by atoms with Gasteiger partial charge in [0.1, 0.15) is 0 Å². The van der Waals surface area contributed by atoms with Gasteiger partial charge < -0.3 is 15.7 Å². The molecule has 0 heterocycles. The van der Waals surface area contributed by atoms with Crippen molar-refractivity contribution in [3.8, 4) is 0 Å². The summed E-state index contributed by atoms with van der Waals surface area (Å²) in [5.41, 5.74) is 1.50. The number of carboxylic acids is 1. The van der Waals surface area contributed by atoms with Crippen molar-refractivity contribution in [2.45, 2.75) is 32.6 Å². The molecule has 2 amide bonds. The van der Waals surface area contributed by atoms with E-state index in [0.29, 0.717) is 25.1 Å². The van der Waals surface area contributed by atoms with Crippen molar-refractivity contribution in [3.63, 3.8) is 0 Å². The quantitative estimate of drug-likeness (QED) is 0.677. The van der Waals surface area contributed by atoms with Gasteiger partial charge in [-0.1, -0.05) is 12.1 Å². The van der Waals surface area contributed by atoms with E-state index in [1.54, 1.807) is 24.3 Å². The molecule has 6 heteroatoms. The Kier molecular flexibility index (Phi) is 6.94. The number of benzene rings is 1. The molecule has 0 saturated heterocycles. The third kappa shape index (κ3) is 7.10. The smallest absolute Gasteiger partial charge is 0.303 e. The minimum absolute atomic E-state index is 0.0150. The number of hydrogen-bond donors (Lipinski definition) is 3. The van der Waals surface area contributed by atoms with E-state index in [2.05, 4.69) is 10.6 Å². The van der Waals surface area contributed by atoms with Crippen LogP contribution in [0.3, 0.4) is 0 Å². The molecule has 1 aromatic rings. The Labute approximate surface area is 123 Å². The van der Waals surface area contributed by atoms with Gasteiger partial charge in [0.15, 0.2) is 0 Å². The molecule has 0 aromatic heterocycles. The third-order valence-electron chi connectivity index (χ3n) is 2.77. The van der Waals surface area contributed by atoms with Crippen LogP contribution in [0.25, 0.3) is 0 Å². The second-order valence-electron chi connectivity index (χ2n) is 4.62. The van der Waals surface area contributed by atoms with Gasteiger partial charge in [0.2, 0.25) is 11.8 Å². The zero-order valence-electron chi connectivity index (χ0n) is 12.0. The summed E-state index contributed by atoms with van der Waals surface area (Å²) in [6, 6.07) is 7.01. The standard InChI is InChI=1S/C15H20N2O4/c1-2-16-14(19)10-11-6-8-12(9-7-11)17-13(18)4-3-5-15(20)21/h6-9H,2-5,10H2,1H3,(H,16,19)(H,17,18)(H,20,21). The summed E-state index contributed by atoms with van der Waals surface area (Å²) in [7, 11) is 0. The summed E-state index contributed by atoms with van der Waals surface area (Å²) < 4.78 is 0. The maximum Gasteiger partial charge on any atom is 0.303 e. The van der Waals surface area contributed by atoms with Crippen LogP contribution >= 0.6 is 0 Å². The highest BCUT2D eigenvalue weighted by Crippen LogP contribution is 2.11. The van der Waals surface area contributed by atoms with Crippen LogP contribution in [0.15, 0.2) is 24.3 Å². The molecule has 0 saturated carbocycles. The van der Waals surface area contributed by atoms with Gasteiger partial charge >= 0.3 is 5.97 Å². The molecule has 0 aliphatic carbocycles. The number of aliphatic carboxylic acids is 1. The average Bonchev–Trinajstić information content (AvgIpc) is 2.41. The van der Waals surface area contributed by atoms with E-state index in [0.717, 1.165) is 5.56 Å². The van der Waals surface area contributed by atoms with Gasteiger partial charge in [0, 0.05) is 25.1 Å². The molecule has 0 aliphatic heterocycles. The summed E-state index contributed by atoms with van der Waals surface area (Å²) in [5, 5.41) is 13.9. The van der Waals surface area contributed by atoms with Crippen molar-refractivity contribution in [2.24, 2.45) is 0 Å². The summed E-state index contributed by atoms with van der Waals surface area (Å²) in [4.78, 5) is 33.3. The Balaban J connectivity index is 2.41. The Bertz CT molecular complexity index is 497. The molecule has 0 fully saturated rings. The molecule has 0 bridgehead atoms. The molecule has 3 N–H and O–H groups in total. The molecule has 0 spiro atoms. The van der Waals surface area contributed by atoms with E-state index < -0.39 is 5.97 Å². The summed E-state index contributed by atoms with van der Waals surface area (Å²) in [5.74, 6) is -1.16. The Morgan fingerprint density at radius 3 is 2.29 bits per heavy atom. The maximum atomic E-state index is 11.6. The number of rotatable bonds is 8. The monoisotopic (exact) mass is 292 g/mol. The van der Waals surface area contributed by atoms with Crippen molar-refractivity contribution in [1.82, 2.24) is 5.32 Å². The number of carbonyl (C=O) groups excluding carboxylic acids is 2. The fraction of sp³-hybridized carbons (Fsp3) is 0.400. The second-order valence-corrected chi connectivity index (χ2v) is 4.62. The van der Waals surface area contributed by atoms with Crippen LogP contribution in [-0.2, 0) is 20.8 Å².